The first-order chi connectivity index (χ1) is 7.92. The second-order valence-corrected chi connectivity index (χ2v) is 6.78. The van der Waals surface area contributed by atoms with Gasteiger partial charge in [0.05, 0.1) is 6.10 Å². The highest BCUT2D eigenvalue weighted by Gasteiger charge is 2.43. The van der Waals surface area contributed by atoms with Crippen molar-refractivity contribution in [3.8, 4) is 0 Å². The van der Waals surface area contributed by atoms with Gasteiger partial charge in [-0.3, -0.25) is 4.84 Å². The molecule has 0 aromatic rings. The zero-order chi connectivity index (χ0) is 12.5. The molecule has 0 N–H and O–H groups in total. The molecule has 0 radical (unpaired) electrons. The molecule has 1 saturated heterocycles. The molecule has 0 saturated carbocycles. The van der Waals surface area contributed by atoms with Gasteiger partial charge in [0.2, 0.25) is 0 Å². The van der Waals surface area contributed by atoms with Crippen LogP contribution in [0.25, 0.3) is 0 Å². The standard InChI is InChI=1S/C15H27NO/c1-14(2)11-8-12-15(3,4)16(14)17-13-9-6-5-7-10-13/h6,9,13H,5,7-8,10-12H2,1-4H3. The lowest BCUT2D eigenvalue weighted by atomic mass is 9.82. The van der Waals surface area contributed by atoms with Gasteiger partial charge >= 0.3 is 0 Å². The first kappa shape index (κ1) is 13.1. The van der Waals surface area contributed by atoms with Crippen molar-refractivity contribution in [2.45, 2.75) is 83.4 Å². The van der Waals surface area contributed by atoms with Gasteiger partial charge in [0.1, 0.15) is 0 Å². The van der Waals surface area contributed by atoms with Crippen LogP contribution in [0, 0.1) is 0 Å². The molecule has 1 atom stereocenters. The Morgan fingerprint density at radius 1 is 1.06 bits per heavy atom. The van der Waals surface area contributed by atoms with Crippen molar-refractivity contribution in [1.29, 1.82) is 0 Å². The van der Waals surface area contributed by atoms with Gasteiger partial charge in [0.15, 0.2) is 0 Å². The van der Waals surface area contributed by atoms with Crippen LogP contribution in [0.15, 0.2) is 12.2 Å². The summed E-state index contributed by atoms with van der Waals surface area (Å²) >= 11 is 0. The molecule has 2 aliphatic rings. The molecule has 17 heavy (non-hydrogen) atoms. The van der Waals surface area contributed by atoms with Gasteiger partial charge in [-0.15, -0.1) is 0 Å². The second-order valence-electron chi connectivity index (χ2n) is 6.78. The zero-order valence-corrected chi connectivity index (χ0v) is 11.8. The maximum absolute atomic E-state index is 6.31. The van der Waals surface area contributed by atoms with E-state index in [-0.39, 0.29) is 11.1 Å². The minimum atomic E-state index is 0.160. The van der Waals surface area contributed by atoms with Crippen LogP contribution in [0.1, 0.15) is 66.2 Å². The summed E-state index contributed by atoms with van der Waals surface area (Å²) in [5, 5.41) is 2.28. The summed E-state index contributed by atoms with van der Waals surface area (Å²) in [5.74, 6) is 0. The molecular formula is C15H27NO. The van der Waals surface area contributed by atoms with Crippen LogP contribution < -0.4 is 0 Å². The molecule has 1 fully saturated rings. The van der Waals surface area contributed by atoms with E-state index in [0.29, 0.717) is 6.10 Å². The van der Waals surface area contributed by atoms with Crippen LogP contribution in [0.4, 0.5) is 0 Å². The Morgan fingerprint density at radius 3 is 2.24 bits per heavy atom. The average molecular weight is 237 g/mol. The van der Waals surface area contributed by atoms with E-state index in [1.54, 1.807) is 0 Å². The normalized spacial score (nSPS) is 32.6. The van der Waals surface area contributed by atoms with Gasteiger partial charge in [-0.25, -0.2) is 0 Å². The van der Waals surface area contributed by atoms with E-state index >= 15 is 0 Å². The summed E-state index contributed by atoms with van der Waals surface area (Å²) in [6.07, 6.45) is 12.2. The van der Waals surface area contributed by atoms with Crippen molar-refractivity contribution in [2.24, 2.45) is 0 Å². The maximum Gasteiger partial charge on any atom is 0.0974 e. The van der Waals surface area contributed by atoms with Crippen LogP contribution >= 0.6 is 0 Å². The quantitative estimate of drug-likeness (QED) is 0.671. The lowest BCUT2D eigenvalue weighted by molar-refractivity contribution is -0.297. The van der Waals surface area contributed by atoms with Crippen molar-refractivity contribution in [1.82, 2.24) is 5.06 Å². The van der Waals surface area contributed by atoms with E-state index < -0.39 is 0 Å². The summed E-state index contributed by atoms with van der Waals surface area (Å²) in [6.45, 7) is 9.22. The minimum absolute atomic E-state index is 0.160. The highest BCUT2D eigenvalue weighted by atomic mass is 16.7. The molecule has 0 aromatic heterocycles. The lowest BCUT2D eigenvalue weighted by Crippen LogP contribution is -2.59. The van der Waals surface area contributed by atoms with Gasteiger partial charge in [-0.05, 0) is 66.2 Å². The SMILES string of the molecule is CC1(C)CCCC(C)(C)N1OC1C=CCCC1. The Hall–Kier alpha value is -0.340. The van der Waals surface area contributed by atoms with E-state index in [0.717, 1.165) is 0 Å². The zero-order valence-electron chi connectivity index (χ0n) is 11.8. The van der Waals surface area contributed by atoms with Crippen LogP contribution in [-0.2, 0) is 4.84 Å². The summed E-state index contributed by atoms with van der Waals surface area (Å²) in [6, 6.07) is 0. The number of hydrogen-bond acceptors (Lipinski definition) is 2. The molecule has 1 aliphatic heterocycles. The molecule has 1 aliphatic carbocycles. The Morgan fingerprint density at radius 2 is 1.71 bits per heavy atom. The van der Waals surface area contributed by atoms with E-state index in [4.69, 9.17) is 4.84 Å². The van der Waals surface area contributed by atoms with Crippen molar-refractivity contribution in [3.05, 3.63) is 12.2 Å². The summed E-state index contributed by atoms with van der Waals surface area (Å²) in [5.41, 5.74) is 0.320. The Balaban J connectivity index is 2.09. The van der Waals surface area contributed by atoms with Gasteiger partial charge in [-0.2, -0.15) is 5.06 Å². The predicted molar refractivity (Wildman–Crippen MR) is 71.7 cm³/mol. The fraction of sp³-hybridized carbons (Fsp3) is 0.867. The molecule has 2 heteroatoms. The van der Waals surface area contributed by atoms with E-state index in [1.165, 1.54) is 38.5 Å². The average Bonchev–Trinajstić information content (AvgIpc) is 2.25. The largest absolute Gasteiger partial charge is 0.291 e. The van der Waals surface area contributed by atoms with Gasteiger partial charge in [-0.1, -0.05) is 12.2 Å². The molecule has 2 rings (SSSR count). The summed E-state index contributed by atoms with van der Waals surface area (Å²) < 4.78 is 0. The first-order valence-corrected chi connectivity index (χ1v) is 7.06. The van der Waals surface area contributed by atoms with Crippen LogP contribution in [0.2, 0.25) is 0 Å². The fourth-order valence-electron chi connectivity index (χ4n) is 3.27. The monoisotopic (exact) mass is 237 g/mol. The van der Waals surface area contributed by atoms with Crippen molar-refractivity contribution < 1.29 is 4.84 Å². The number of hydroxylamine groups is 2. The topological polar surface area (TPSA) is 12.5 Å². The Kier molecular flexibility index (Phi) is 3.65. The highest BCUT2D eigenvalue weighted by molar-refractivity contribution is 4.97. The molecule has 2 nitrogen and oxygen atoms in total. The number of piperidine rings is 1. The molecule has 1 heterocycles. The third-order valence-electron chi connectivity index (χ3n) is 4.13. The number of allylic oxidation sites excluding steroid dienone is 1. The minimum Gasteiger partial charge on any atom is -0.291 e. The number of hydrogen-bond donors (Lipinski definition) is 0. The number of nitrogens with zero attached hydrogens (tertiary/aromatic N) is 1. The first-order valence-electron chi connectivity index (χ1n) is 7.06. The van der Waals surface area contributed by atoms with E-state index in [9.17, 15) is 0 Å². The molecule has 0 bridgehead atoms. The molecule has 0 aromatic carbocycles. The third kappa shape index (κ3) is 2.92. The lowest BCUT2D eigenvalue weighted by Gasteiger charge is -2.52. The van der Waals surface area contributed by atoms with Gasteiger partial charge in [0.25, 0.3) is 0 Å². The molecule has 0 spiro atoms. The number of rotatable bonds is 2. The van der Waals surface area contributed by atoms with Crippen molar-refractivity contribution >= 4 is 0 Å². The third-order valence-corrected chi connectivity index (χ3v) is 4.13. The van der Waals surface area contributed by atoms with Gasteiger partial charge < -0.3 is 0 Å². The van der Waals surface area contributed by atoms with Crippen molar-refractivity contribution in [3.63, 3.8) is 0 Å². The maximum atomic E-state index is 6.31. The van der Waals surface area contributed by atoms with Crippen molar-refractivity contribution in [2.75, 3.05) is 0 Å². The fourth-order valence-corrected chi connectivity index (χ4v) is 3.27. The Labute approximate surface area is 106 Å². The van der Waals surface area contributed by atoms with Crippen LogP contribution in [0.3, 0.4) is 0 Å². The van der Waals surface area contributed by atoms with E-state index in [2.05, 4.69) is 44.9 Å². The molecule has 0 amide bonds. The highest BCUT2D eigenvalue weighted by Crippen LogP contribution is 2.39. The Bertz CT molecular complexity index is 277. The summed E-state index contributed by atoms with van der Waals surface area (Å²) in [7, 11) is 0. The molecule has 98 valence electrons. The predicted octanol–water partition coefficient (Wildman–Crippen LogP) is 4.07. The van der Waals surface area contributed by atoms with Crippen LogP contribution in [0.5, 0.6) is 0 Å². The van der Waals surface area contributed by atoms with Gasteiger partial charge in [0, 0.05) is 11.1 Å². The molecular weight excluding hydrogens is 210 g/mol. The second kappa shape index (κ2) is 4.74. The molecule has 1 unspecified atom stereocenters. The van der Waals surface area contributed by atoms with E-state index in [1.807, 2.05) is 0 Å². The smallest absolute Gasteiger partial charge is 0.0974 e. The van der Waals surface area contributed by atoms with Crippen LogP contribution in [-0.4, -0.2) is 22.2 Å². The summed E-state index contributed by atoms with van der Waals surface area (Å²) in [4.78, 5) is 6.31.